The van der Waals surface area contributed by atoms with Crippen LogP contribution in [0.15, 0.2) is 71.6 Å². The fourth-order valence-electron chi connectivity index (χ4n) is 3.22. The van der Waals surface area contributed by atoms with E-state index in [1.807, 2.05) is 30.4 Å². The van der Waals surface area contributed by atoms with Gasteiger partial charge in [0.05, 0.1) is 0 Å². The molecule has 0 amide bonds. The first-order valence-electron chi connectivity index (χ1n) is 8.15. The van der Waals surface area contributed by atoms with Crippen LogP contribution in [0.2, 0.25) is 0 Å². The van der Waals surface area contributed by atoms with E-state index in [9.17, 15) is 0 Å². The van der Waals surface area contributed by atoms with E-state index in [2.05, 4.69) is 32.4 Å². The molecule has 2 nitrogen and oxygen atoms in total. The molecule has 0 spiro atoms. The molecule has 24 heavy (non-hydrogen) atoms. The van der Waals surface area contributed by atoms with Crippen molar-refractivity contribution in [2.75, 3.05) is 0 Å². The number of hydrogen-bond acceptors (Lipinski definition) is 2. The fraction of sp³-hybridized carbons (Fsp3) is 0.182. The van der Waals surface area contributed by atoms with E-state index in [-0.39, 0.29) is 0 Å². The first-order valence-corrected chi connectivity index (χ1v) is 8.15. The molecule has 0 unspecified atom stereocenters. The zero-order valence-electron chi connectivity index (χ0n) is 13.9. The van der Waals surface area contributed by atoms with E-state index in [0.29, 0.717) is 12.8 Å². The highest BCUT2D eigenvalue weighted by atomic mass is 16.3. The largest absolute Gasteiger partial charge is 0.460 e. The molecule has 0 radical (unpaired) electrons. The summed E-state index contributed by atoms with van der Waals surface area (Å²) in [6, 6.07) is 4.16. The van der Waals surface area contributed by atoms with E-state index in [1.54, 1.807) is 0 Å². The number of rotatable bonds is 8. The molecule has 0 aliphatic carbocycles. The molecular formula is C22H22O2. The second-order valence-corrected chi connectivity index (χ2v) is 5.82. The molecule has 0 aliphatic rings. The number of allylic oxidation sites excluding steroid dienone is 4. The Balaban J connectivity index is 2.30. The predicted molar refractivity (Wildman–Crippen MR) is 102 cm³/mol. The molecule has 0 saturated carbocycles. The molecule has 0 fully saturated rings. The average molecular weight is 318 g/mol. The number of benzene rings is 1. The molecule has 3 aromatic rings. The van der Waals surface area contributed by atoms with Gasteiger partial charge >= 0.3 is 0 Å². The summed E-state index contributed by atoms with van der Waals surface area (Å²) in [4.78, 5) is 0. The van der Waals surface area contributed by atoms with E-state index in [4.69, 9.17) is 8.83 Å². The van der Waals surface area contributed by atoms with Crippen molar-refractivity contribution >= 4 is 21.9 Å². The Kier molecular flexibility index (Phi) is 4.57. The monoisotopic (exact) mass is 318 g/mol. The Labute approximate surface area is 142 Å². The van der Waals surface area contributed by atoms with Gasteiger partial charge in [0.2, 0.25) is 0 Å². The lowest BCUT2D eigenvalue weighted by molar-refractivity contribution is 0.551. The van der Waals surface area contributed by atoms with Crippen molar-refractivity contribution in [1.82, 2.24) is 0 Å². The minimum Gasteiger partial charge on any atom is -0.460 e. The normalized spacial score (nSPS) is 11.0. The summed E-state index contributed by atoms with van der Waals surface area (Å²) in [5.41, 5.74) is 4.05. The Morgan fingerprint density at radius 1 is 0.625 bits per heavy atom. The third-order valence-electron chi connectivity index (χ3n) is 4.23. The Morgan fingerprint density at radius 3 is 1.42 bits per heavy atom. The molecule has 0 N–H and O–H groups in total. The van der Waals surface area contributed by atoms with E-state index in [0.717, 1.165) is 46.3 Å². The molecule has 2 heteroatoms. The van der Waals surface area contributed by atoms with Crippen molar-refractivity contribution < 1.29 is 8.83 Å². The highest BCUT2D eigenvalue weighted by Gasteiger charge is 2.18. The van der Waals surface area contributed by atoms with Crippen molar-refractivity contribution in [3.63, 3.8) is 0 Å². The van der Waals surface area contributed by atoms with Crippen molar-refractivity contribution in [3.8, 4) is 0 Å². The lowest BCUT2D eigenvalue weighted by Crippen LogP contribution is -1.87. The number of furan rings is 2. The highest BCUT2D eigenvalue weighted by Crippen LogP contribution is 2.35. The van der Waals surface area contributed by atoms with Crippen LogP contribution in [-0.4, -0.2) is 0 Å². The van der Waals surface area contributed by atoms with Gasteiger partial charge in [0.25, 0.3) is 0 Å². The second kappa shape index (κ2) is 6.79. The van der Waals surface area contributed by atoms with Crippen LogP contribution in [0.1, 0.15) is 22.6 Å². The van der Waals surface area contributed by atoms with Gasteiger partial charge in [-0.05, 0) is 18.9 Å². The maximum absolute atomic E-state index is 6.05. The summed E-state index contributed by atoms with van der Waals surface area (Å²) in [6.45, 7) is 15.4. The molecule has 0 atom stereocenters. The second-order valence-electron chi connectivity index (χ2n) is 5.82. The molecule has 3 rings (SSSR count). The molecule has 0 saturated heterocycles. The average Bonchev–Trinajstić information content (AvgIpc) is 3.06. The summed E-state index contributed by atoms with van der Waals surface area (Å²) >= 11 is 0. The van der Waals surface area contributed by atoms with Gasteiger partial charge in [0, 0.05) is 40.8 Å². The van der Waals surface area contributed by atoms with Gasteiger partial charge in [0.15, 0.2) is 0 Å². The molecular weight excluding hydrogens is 296 g/mol. The van der Waals surface area contributed by atoms with Gasteiger partial charge in [-0.25, -0.2) is 0 Å². The maximum atomic E-state index is 6.05. The van der Waals surface area contributed by atoms with Crippen LogP contribution in [0.25, 0.3) is 21.9 Å². The molecule has 0 aliphatic heterocycles. The standard InChI is InChI=1S/C22H22O2/c1-5-9-15-17-13-18-16(10-6-2)20(12-8-4)24-22(18)14-21(17)23-19(15)11-7-3/h5-8,13-14H,1-4,9-12H2. The number of fused-ring (bicyclic) bond motifs is 2. The summed E-state index contributed by atoms with van der Waals surface area (Å²) in [6.07, 6.45) is 10.5. The lowest BCUT2D eigenvalue weighted by Gasteiger charge is -1.98. The molecule has 0 bridgehead atoms. The minimum absolute atomic E-state index is 0.709. The van der Waals surface area contributed by atoms with Gasteiger partial charge in [-0.15, -0.1) is 26.3 Å². The minimum atomic E-state index is 0.709. The van der Waals surface area contributed by atoms with Gasteiger partial charge in [-0.2, -0.15) is 0 Å². The van der Waals surface area contributed by atoms with Crippen LogP contribution in [0.4, 0.5) is 0 Å². The first-order chi connectivity index (χ1) is 11.7. The van der Waals surface area contributed by atoms with Crippen molar-refractivity contribution in [3.05, 3.63) is 85.4 Å². The van der Waals surface area contributed by atoms with Crippen LogP contribution in [0.5, 0.6) is 0 Å². The maximum Gasteiger partial charge on any atom is 0.138 e. The fourth-order valence-corrected chi connectivity index (χ4v) is 3.22. The van der Waals surface area contributed by atoms with Crippen molar-refractivity contribution in [2.24, 2.45) is 0 Å². The Morgan fingerprint density at radius 2 is 1.04 bits per heavy atom. The summed E-state index contributed by atoms with van der Waals surface area (Å²) in [5.74, 6) is 1.90. The zero-order chi connectivity index (χ0) is 17.1. The van der Waals surface area contributed by atoms with E-state index < -0.39 is 0 Å². The van der Waals surface area contributed by atoms with Gasteiger partial charge in [0.1, 0.15) is 22.7 Å². The van der Waals surface area contributed by atoms with Crippen LogP contribution >= 0.6 is 0 Å². The molecule has 2 aromatic heterocycles. The predicted octanol–water partition coefficient (Wildman–Crippen LogP) is 6.09. The van der Waals surface area contributed by atoms with Gasteiger partial charge in [-0.1, -0.05) is 24.3 Å². The Bertz CT molecular complexity index is 860. The third kappa shape index (κ3) is 2.65. The van der Waals surface area contributed by atoms with Crippen molar-refractivity contribution in [2.45, 2.75) is 25.7 Å². The summed E-state index contributed by atoms with van der Waals surface area (Å²) in [5, 5.41) is 2.24. The molecule has 122 valence electrons. The third-order valence-corrected chi connectivity index (χ3v) is 4.23. The SMILES string of the molecule is C=CCc1oc2cc3oc(CC=C)c(CC=C)c3cc2c1CC=C. The van der Waals surface area contributed by atoms with Crippen LogP contribution in [-0.2, 0) is 25.7 Å². The van der Waals surface area contributed by atoms with Crippen LogP contribution in [0, 0.1) is 0 Å². The quantitative estimate of drug-likeness (QED) is 0.469. The Hall–Kier alpha value is -2.74. The van der Waals surface area contributed by atoms with Gasteiger partial charge < -0.3 is 8.83 Å². The molecule has 2 heterocycles. The van der Waals surface area contributed by atoms with Crippen LogP contribution < -0.4 is 0 Å². The zero-order valence-corrected chi connectivity index (χ0v) is 13.9. The highest BCUT2D eigenvalue weighted by molar-refractivity contribution is 5.97. The molecule has 1 aromatic carbocycles. The van der Waals surface area contributed by atoms with E-state index >= 15 is 0 Å². The topological polar surface area (TPSA) is 26.3 Å². The van der Waals surface area contributed by atoms with Crippen LogP contribution in [0.3, 0.4) is 0 Å². The lowest BCUT2D eigenvalue weighted by atomic mass is 10.0. The summed E-state index contributed by atoms with van der Waals surface area (Å²) < 4.78 is 12.1. The van der Waals surface area contributed by atoms with E-state index in [1.165, 1.54) is 11.1 Å². The summed E-state index contributed by atoms with van der Waals surface area (Å²) in [7, 11) is 0. The number of hydrogen-bond donors (Lipinski definition) is 0. The van der Waals surface area contributed by atoms with Crippen molar-refractivity contribution in [1.29, 1.82) is 0 Å². The smallest absolute Gasteiger partial charge is 0.138 e. The van der Waals surface area contributed by atoms with Gasteiger partial charge in [-0.3, -0.25) is 0 Å². The first kappa shape index (κ1) is 16.1.